The number of hydrogen-bond donors (Lipinski definition) is 0. The molecule has 96 valence electrons. The molecule has 0 aliphatic heterocycles. The summed E-state index contributed by atoms with van der Waals surface area (Å²) in [5.74, 6) is 0.809. The van der Waals surface area contributed by atoms with Gasteiger partial charge in [0.25, 0.3) is 0 Å². The fourth-order valence-electron chi connectivity index (χ4n) is 2.20. The molecule has 0 aromatic carbocycles. The van der Waals surface area contributed by atoms with Crippen molar-refractivity contribution < 1.29 is 4.79 Å². The first-order chi connectivity index (χ1) is 8.63. The van der Waals surface area contributed by atoms with Gasteiger partial charge >= 0.3 is 0 Å². The topological polar surface area (TPSA) is 47.8 Å². The van der Waals surface area contributed by atoms with Crippen LogP contribution in [0.15, 0.2) is 0 Å². The van der Waals surface area contributed by atoms with Crippen molar-refractivity contribution in [3.05, 3.63) is 22.2 Å². The van der Waals surface area contributed by atoms with E-state index in [9.17, 15) is 4.79 Å². The number of rotatable bonds is 4. The van der Waals surface area contributed by atoms with Crippen molar-refractivity contribution in [1.82, 2.24) is 14.5 Å². The largest absolute Gasteiger partial charge is 0.316 e. The molecule has 0 aliphatic rings. The number of nitrogens with zero attached hydrogens (tertiary/aromatic N) is 3. The maximum Gasteiger partial charge on any atom is 0.153 e. The highest BCUT2D eigenvalue weighted by Gasteiger charge is 2.18. The standard InChI is InChI=1S/C13H16ClN3O/c1-4-6-10-15-8(3)11-9(7-18)12(14)17(5-2)13(11)16-10/h7H,4-6H2,1-3H3. The minimum absolute atomic E-state index is 0.452. The summed E-state index contributed by atoms with van der Waals surface area (Å²) in [7, 11) is 0. The highest BCUT2D eigenvalue weighted by atomic mass is 35.5. The average Bonchev–Trinajstić information content (AvgIpc) is 2.61. The van der Waals surface area contributed by atoms with E-state index in [1.807, 2.05) is 18.4 Å². The highest BCUT2D eigenvalue weighted by Crippen LogP contribution is 2.29. The molecule has 4 nitrogen and oxygen atoms in total. The zero-order valence-corrected chi connectivity index (χ0v) is 11.6. The van der Waals surface area contributed by atoms with Crippen LogP contribution in [0.2, 0.25) is 5.15 Å². The zero-order chi connectivity index (χ0) is 13.3. The van der Waals surface area contributed by atoms with Gasteiger partial charge in [0.15, 0.2) is 6.29 Å². The van der Waals surface area contributed by atoms with E-state index >= 15 is 0 Å². The quantitative estimate of drug-likeness (QED) is 0.798. The number of fused-ring (bicyclic) bond motifs is 1. The van der Waals surface area contributed by atoms with E-state index in [-0.39, 0.29) is 0 Å². The third-order valence-electron chi connectivity index (χ3n) is 3.01. The lowest BCUT2D eigenvalue weighted by Crippen LogP contribution is -2.01. The molecule has 0 saturated carbocycles. The Morgan fingerprint density at radius 1 is 1.33 bits per heavy atom. The Labute approximate surface area is 111 Å². The number of aromatic nitrogens is 3. The minimum atomic E-state index is 0.452. The van der Waals surface area contributed by atoms with Crippen molar-refractivity contribution >= 4 is 28.9 Å². The molecule has 2 heterocycles. The SMILES string of the molecule is CCCc1nc(C)c2c(C=O)c(Cl)n(CC)c2n1. The van der Waals surface area contributed by atoms with Gasteiger partial charge in [0, 0.05) is 13.0 Å². The summed E-state index contributed by atoms with van der Waals surface area (Å²) in [6, 6.07) is 0. The van der Waals surface area contributed by atoms with Gasteiger partial charge in [0.05, 0.1) is 16.6 Å². The summed E-state index contributed by atoms with van der Waals surface area (Å²) in [6.45, 7) is 6.65. The molecule has 0 radical (unpaired) electrons. The van der Waals surface area contributed by atoms with Crippen molar-refractivity contribution in [2.75, 3.05) is 0 Å². The monoisotopic (exact) mass is 265 g/mol. The van der Waals surface area contributed by atoms with Gasteiger partial charge in [-0.3, -0.25) is 4.79 Å². The summed E-state index contributed by atoms with van der Waals surface area (Å²) >= 11 is 6.22. The molecule has 18 heavy (non-hydrogen) atoms. The molecule has 0 atom stereocenters. The van der Waals surface area contributed by atoms with E-state index in [2.05, 4.69) is 16.9 Å². The summed E-state index contributed by atoms with van der Waals surface area (Å²) in [5.41, 5.74) is 2.08. The van der Waals surface area contributed by atoms with Gasteiger partial charge in [0.2, 0.25) is 0 Å². The minimum Gasteiger partial charge on any atom is -0.316 e. The molecule has 0 fully saturated rings. The molecule has 2 aromatic rings. The first-order valence-corrected chi connectivity index (χ1v) is 6.52. The van der Waals surface area contributed by atoms with Crippen LogP contribution in [0.4, 0.5) is 0 Å². The van der Waals surface area contributed by atoms with Gasteiger partial charge in [-0.1, -0.05) is 18.5 Å². The normalized spacial score (nSPS) is 11.1. The maximum absolute atomic E-state index is 11.2. The third-order valence-corrected chi connectivity index (χ3v) is 3.42. The summed E-state index contributed by atoms with van der Waals surface area (Å²) in [4.78, 5) is 20.2. The Morgan fingerprint density at radius 3 is 2.61 bits per heavy atom. The van der Waals surface area contributed by atoms with Crippen molar-refractivity contribution in [3.8, 4) is 0 Å². The molecular formula is C13H16ClN3O. The molecule has 0 unspecified atom stereocenters. The van der Waals surface area contributed by atoms with Gasteiger partial charge in [0.1, 0.15) is 16.6 Å². The van der Waals surface area contributed by atoms with Crippen LogP contribution in [-0.4, -0.2) is 20.8 Å². The number of aryl methyl sites for hydroxylation is 3. The van der Waals surface area contributed by atoms with Crippen LogP contribution in [0.5, 0.6) is 0 Å². The van der Waals surface area contributed by atoms with Crippen molar-refractivity contribution in [1.29, 1.82) is 0 Å². The lowest BCUT2D eigenvalue weighted by Gasteiger charge is -2.04. The van der Waals surface area contributed by atoms with E-state index < -0.39 is 0 Å². The molecule has 2 rings (SSSR count). The molecule has 5 heteroatoms. The molecule has 0 N–H and O–H groups in total. The second-order valence-corrected chi connectivity index (χ2v) is 4.60. The number of aldehydes is 1. The third kappa shape index (κ3) is 1.90. The van der Waals surface area contributed by atoms with Gasteiger partial charge in [-0.25, -0.2) is 9.97 Å². The summed E-state index contributed by atoms with van der Waals surface area (Å²) in [5, 5.41) is 1.23. The number of hydrogen-bond acceptors (Lipinski definition) is 3. The molecule has 0 aliphatic carbocycles. The Hall–Kier alpha value is -1.42. The van der Waals surface area contributed by atoms with Gasteiger partial charge < -0.3 is 4.57 Å². The number of carbonyl (C=O) groups excluding carboxylic acids is 1. The molecule has 2 aromatic heterocycles. The Morgan fingerprint density at radius 2 is 2.06 bits per heavy atom. The van der Waals surface area contributed by atoms with Crippen LogP contribution in [0, 0.1) is 6.92 Å². The Bertz CT molecular complexity index is 604. The smallest absolute Gasteiger partial charge is 0.153 e. The molecule has 0 bridgehead atoms. The Balaban J connectivity index is 2.82. The van der Waals surface area contributed by atoms with Gasteiger partial charge in [-0.15, -0.1) is 0 Å². The van der Waals surface area contributed by atoms with Crippen LogP contribution in [0.3, 0.4) is 0 Å². The van der Waals surface area contributed by atoms with Crippen LogP contribution in [0.25, 0.3) is 11.0 Å². The van der Waals surface area contributed by atoms with Gasteiger partial charge in [-0.05, 0) is 20.3 Å². The van der Waals surface area contributed by atoms with Crippen molar-refractivity contribution in [2.24, 2.45) is 0 Å². The zero-order valence-electron chi connectivity index (χ0n) is 10.8. The lowest BCUT2D eigenvalue weighted by molar-refractivity contribution is 0.112. The maximum atomic E-state index is 11.2. The van der Waals surface area contributed by atoms with E-state index in [0.717, 1.165) is 41.7 Å². The average molecular weight is 266 g/mol. The van der Waals surface area contributed by atoms with E-state index in [1.165, 1.54) is 0 Å². The van der Waals surface area contributed by atoms with Crippen LogP contribution >= 0.6 is 11.6 Å². The predicted molar refractivity (Wildman–Crippen MR) is 72.3 cm³/mol. The fourth-order valence-corrected chi connectivity index (χ4v) is 2.54. The molecule has 0 saturated heterocycles. The summed E-state index contributed by atoms with van der Waals surface area (Å²) < 4.78 is 1.86. The first kappa shape index (κ1) is 13.0. The van der Waals surface area contributed by atoms with Crippen LogP contribution < -0.4 is 0 Å². The summed E-state index contributed by atoms with van der Waals surface area (Å²) in [6.07, 6.45) is 2.61. The van der Waals surface area contributed by atoms with Crippen molar-refractivity contribution in [3.63, 3.8) is 0 Å². The fraction of sp³-hybridized carbons (Fsp3) is 0.462. The highest BCUT2D eigenvalue weighted by molar-refractivity contribution is 6.34. The molecule has 0 spiro atoms. The Kier molecular flexibility index (Phi) is 3.66. The molecular weight excluding hydrogens is 250 g/mol. The van der Waals surface area contributed by atoms with E-state index in [0.29, 0.717) is 17.3 Å². The number of halogens is 1. The lowest BCUT2D eigenvalue weighted by atomic mass is 10.2. The second kappa shape index (κ2) is 5.06. The first-order valence-electron chi connectivity index (χ1n) is 6.14. The molecule has 0 amide bonds. The van der Waals surface area contributed by atoms with E-state index in [1.54, 1.807) is 0 Å². The second-order valence-electron chi connectivity index (χ2n) is 4.24. The van der Waals surface area contributed by atoms with E-state index in [4.69, 9.17) is 11.6 Å². The van der Waals surface area contributed by atoms with Crippen LogP contribution in [0.1, 0.15) is 42.1 Å². The number of carbonyl (C=O) groups is 1. The van der Waals surface area contributed by atoms with Crippen LogP contribution in [-0.2, 0) is 13.0 Å². The van der Waals surface area contributed by atoms with Crippen molar-refractivity contribution in [2.45, 2.75) is 40.2 Å². The van der Waals surface area contributed by atoms with Gasteiger partial charge in [-0.2, -0.15) is 0 Å². The predicted octanol–water partition coefficient (Wildman–Crippen LogP) is 3.18.